The van der Waals surface area contributed by atoms with E-state index in [1.54, 1.807) is 25.3 Å². The summed E-state index contributed by atoms with van der Waals surface area (Å²) in [6, 6.07) is 13.5. The number of hydrogen-bond donors (Lipinski definition) is 1. The summed E-state index contributed by atoms with van der Waals surface area (Å²) >= 11 is 0. The molecule has 0 saturated heterocycles. The molecule has 2 heterocycles. The zero-order chi connectivity index (χ0) is 17.8. The van der Waals surface area contributed by atoms with Gasteiger partial charge >= 0.3 is 0 Å². The smallest absolute Gasteiger partial charge is 0.275 e. The molecule has 6 heteroatoms. The second kappa shape index (κ2) is 7.17. The molecule has 0 aliphatic rings. The molecule has 0 spiro atoms. The third-order valence-corrected chi connectivity index (χ3v) is 3.79. The molecule has 0 radical (unpaired) electrons. The van der Waals surface area contributed by atoms with Crippen LogP contribution in [0.3, 0.4) is 0 Å². The molecule has 1 N–H and O–H groups in total. The summed E-state index contributed by atoms with van der Waals surface area (Å²) in [5.41, 5.74) is 3.55. The zero-order valence-electron chi connectivity index (χ0n) is 14.5. The average Bonchev–Trinajstić information content (AvgIpc) is 3.01. The molecule has 25 heavy (non-hydrogen) atoms. The lowest BCUT2D eigenvalue weighted by Crippen LogP contribution is -2.18. The van der Waals surface area contributed by atoms with Gasteiger partial charge in [-0.25, -0.2) is 4.98 Å². The number of carbonyl (C=O) groups is 1. The predicted molar refractivity (Wildman–Crippen MR) is 97.3 cm³/mol. The van der Waals surface area contributed by atoms with E-state index in [4.69, 9.17) is 4.52 Å². The molecule has 2 aromatic heterocycles. The summed E-state index contributed by atoms with van der Waals surface area (Å²) in [5.74, 6) is 0.692. The van der Waals surface area contributed by atoms with E-state index in [-0.39, 0.29) is 5.91 Å². The number of nitrogens with one attached hydrogen (secondary N) is 1. The quantitative estimate of drug-likeness (QED) is 0.759. The topological polar surface area (TPSA) is 71.3 Å². The maximum Gasteiger partial charge on any atom is 0.275 e. The highest BCUT2D eigenvalue weighted by Gasteiger charge is 2.12. The third kappa shape index (κ3) is 3.85. The van der Waals surface area contributed by atoms with Crippen molar-refractivity contribution in [1.82, 2.24) is 10.1 Å². The zero-order valence-corrected chi connectivity index (χ0v) is 14.5. The number of aryl methyl sites for hydroxylation is 2. The van der Waals surface area contributed by atoms with Gasteiger partial charge in [0.15, 0.2) is 5.82 Å². The first-order chi connectivity index (χ1) is 12.1. The average molecular weight is 336 g/mol. The fraction of sp³-hybridized carbons (Fsp3) is 0.211. The lowest BCUT2D eigenvalue weighted by Gasteiger charge is -2.23. The van der Waals surface area contributed by atoms with Gasteiger partial charge in [-0.3, -0.25) is 4.79 Å². The number of carbonyl (C=O) groups excluding carboxylic acids is 1. The van der Waals surface area contributed by atoms with Gasteiger partial charge < -0.3 is 14.7 Å². The van der Waals surface area contributed by atoms with E-state index in [0.29, 0.717) is 17.3 Å². The van der Waals surface area contributed by atoms with Crippen LogP contribution >= 0.6 is 0 Å². The van der Waals surface area contributed by atoms with Crippen LogP contribution in [0.5, 0.6) is 0 Å². The minimum absolute atomic E-state index is 0.321. The molecule has 0 saturated carbocycles. The third-order valence-electron chi connectivity index (χ3n) is 3.79. The first-order valence-corrected chi connectivity index (χ1v) is 8.11. The minimum Gasteiger partial charge on any atom is -0.360 e. The lowest BCUT2D eigenvalue weighted by atomic mass is 10.2. The Balaban J connectivity index is 1.77. The maximum absolute atomic E-state index is 12.2. The van der Waals surface area contributed by atoms with Gasteiger partial charge in [-0.05, 0) is 50.6 Å². The van der Waals surface area contributed by atoms with Crippen molar-refractivity contribution >= 4 is 23.1 Å². The van der Waals surface area contributed by atoms with Crippen LogP contribution < -0.4 is 10.2 Å². The summed E-state index contributed by atoms with van der Waals surface area (Å²) < 4.78 is 4.93. The molecule has 6 nitrogen and oxygen atoms in total. The number of nitrogens with zero attached hydrogens (tertiary/aromatic N) is 3. The molecule has 1 amide bonds. The van der Waals surface area contributed by atoms with Crippen LogP contribution in [0.25, 0.3) is 0 Å². The van der Waals surface area contributed by atoms with E-state index in [1.165, 1.54) is 5.56 Å². The standard InChI is InChI=1S/C19H20N4O2/c1-4-23(15-7-5-6-13(2)10-15)16-8-9-17(20-12-16)19(24)21-18-11-14(3)25-22-18/h5-12H,4H2,1-3H3,(H,21,22,24). The number of benzene rings is 1. The van der Waals surface area contributed by atoms with Gasteiger partial charge in [0.1, 0.15) is 11.5 Å². The monoisotopic (exact) mass is 336 g/mol. The number of anilines is 3. The molecular weight excluding hydrogens is 316 g/mol. The molecule has 3 aromatic rings. The lowest BCUT2D eigenvalue weighted by molar-refractivity contribution is 0.102. The molecule has 0 aliphatic carbocycles. The molecule has 0 atom stereocenters. The SMILES string of the molecule is CCN(c1ccc(C(=O)Nc2cc(C)on2)nc1)c1cccc(C)c1. The van der Waals surface area contributed by atoms with Crippen LogP contribution in [0.1, 0.15) is 28.7 Å². The van der Waals surface area contributed by atoms with Crippen LogP contribution in [0.15, 0.2) is 53.2 Å². The minimum atomic E-state index is -0.321. The first kappa shape index (κ1) is 16.7. The Morgan fingerprint density at radius 1 is 1.16 bits per heavy atom. The van der Waals surface area contributed by atoms with E-state index in [1.807, 2.05) is 12.1 Å². The molecule has 0 unspecified atom stereocenters. The molecule has 0 bridgehead atoms. The Kier molecular flexibility index (Phi) is 4.79. The van der Waals surface area contributed by atoms with Gasteiger partial charge in [0.2, 0.25) is 0 Å². The van der Waals surface area contributed by atoms with Gasteiger partial charge in [0, 0.05) is 18.3 Å². The van der Waals surface area contributed by atoms with Crippen molar-refractivity contribution in [3.63, 3.8) is 0 Å². The van der Waals surface area contributed by atoms with Crippen molar-refractivity contribution < 1.29 is 9.32 Å². The maximum atomic E-state index is 12.2. The molecule has 128 valence electrons. The fourth-order valence-corrected chi connectivity index (χ4v) is 2.60. The van der Waals surface area contributed by atoms with Crippen LogP contribution in [-0.4, -0.2) is 22.6 Å². The highest BCUT2D eigenvalue weighted by molar-refractivity contribution is 6.02. The van der Waals surface area contributed by atoms with Crippen molar-refractivity contribution in [2.24, 2.45) is 0 Å². The number of hydrogen-bond acceptors (Lipinski definition) is 5. The molecule has 0 aliphatic heterocycles. The van der Waals surface area contributed by atoms with Crippen LogP contribution in [-0.2, 0) is 0 Å². The van der Waals surface area contributed by atoms with E-state index < -0.39 is 0 Å². The van der Waals surface area contributed by atoms with E-state index in [9.17, 15) is 4.79 Å². The fourth-order valence-electron chi connectivity index (χ4n) is 2.60. The molecule has 1 aromatic carbocycles. The van der Waals surface area contributed by atoms with Gasteiger partial charge in [0.25, 0.3) is 5.91 Å². The van der Waals surface area contributed by atoms with Crippen molar-refractivity contribution in [3.8, 4) is 0 Å². The van der Waals surface area contributed by atoms with Crippen molar-refractivity contribution in [2.75, 3.05) is 16.8 Å². The number of rotatable bonds is 5. The highest BCUT2D eigenvalue weighted by atomic mass is 16.5. The van der Waals surface area contributed by atoms with Crippen LogP contribution in [0, 0.1) is 13.8 Å². The largest absolute Gasteiger partial charge is 0.360 e. The summed E-state index contributed by atoms with van der Waals surface area (Å²) in [6.07, 6.45) is 1.70. The van der Waals surface area contributed by atoms with Crippen LogP contribution in [0.4, 0.5) is 17.2 Å². The van der Waals surface area contributed by atoms with Crippen LogP contribution in [0.2, 0.25) is 0 Å². The Morgan fingerprint density at radius 3 is 2.60 bits per heavy atom. The summed E-state index contributed by atoms with van der Waals surface area (Å²) in [4.78, 5) is 18.6. The second-order valence-corrected chi connectivity index (χ2v) is 5.76. The van der Waals surface area contributed by atoms with E-state index in [0.717, 1.165) is 17.9 Å². The normalized spacial score (nSPS) is 10.5. The number of aromatic nitrogens is 2. The van der Waals surface area contributed by atoms with Crippen molar-refractivity contribution in [1.29, 1.82) is 0 Å². The second-order valence-electron chi connectivity index (χ2n) is 5.76. The van der Waals surface area contributed by atoms with Gasteiger partial charge in [-0.1, -0.05) is 17.3 Å². The van der Waals surface area contributed by atoms with Gasteiger partial charge in [-0.15, -0.1) is 0 Å². The molecule has 0 fully saturated rings. The Hall–Kier alpha value is -3.15. The van der Waals surface area contributed by atoms with Gasteiger partial charge in [-0.2, -0.15) is 0 Å². The Bertz CT molecular complexity index is 871. The first-order valence-electron chi connectivity index (χ1n) is 8.11. The molecule has 3 rings (SSSR count). The Morgan fingerprint density at radius 2 is 2.00 bits per heavy atom. The van der Waals surface area contributed by atoms with Gasteiger partial charge in [0.05, 0.1) is 11.9 Å². The summed E-state index contributed by atoms with van der Waals surface area (Å²) in [5, 5.41) is 6.41. The summed E-state index contributed by atoms with van der Waals surface area (Å²) in [7, 11) is 0. The number of pyridine rings is 1. The summed E-state index contributed by atoms with van der Waals surface area (Å²) in [6.45, 7) is 6.71. The molecular formula is C19H20N4O2. The van der Waals surface area contributed by atoms with Crippen molar-refractivity contribution in [3.05, 3.63) is 65.7 Å². The highest BCUT2D eigenvalue weighted by Crippen LogP contribution is 2.25. The Labute approximate surface area is 146 Å². The number of amides is 1. The van der Waals surface area contributed by atoms with Crippen molar-refractivity contribution in [2.45, 2.75) is 20.8 Å². The predicted octanol–water partition coefficient (Wildman–Crippen LogP) is 4.10. The van der Waals surface area contributed by atoms with E-state index in [2.05, 4.69) is 52.4 Å². The van der Waals surface area contributed by atoms with E-state index >= 15 is 0 Å².